The highest BCUT2D eigenvalue weighted by molar-refractivity contribution is 9.10. The van der Waals surface area contributed by atoms with Crippen LogP contribution >= 0.6 is 27.3 Å². The first-order valence-electron chi connectivity index (χ1n) is 8.98. The van der Waals surface area contributed by atoms with Crippen LogP contribution in [0.4, 0.5) is 15.1 Å². The smallest absolute Gasteiger partial charge is 0.341 e. The lowest BCUT2D eigenvalue weighted by Crippen LogP contribution is -2.31. The molecule has 0 saturated heterocycles. The first kappa shape index (κ1) is 22.7. The van der Waals surface area contributed by atoms with E-state index in [0.717, 1.165) is 11.3 Å². The van der Waals surface area contributed by atoms with Gasteiger partial charge in [0.2, 0.25) is 5.91 Å². The number of hydrogen-bond acceptors (Lipinski definition) is 6. The summed E-state index contributed by atoms with van der Waals surface area (Å²) in [6.07, 6.45) is 0. The normalized spacial score (nSPS) is 10.6. The van der Waals surface area contributed by atoms with Gasteiger partial charge in [-0.15, -0.1) is 11.3 Å². The maximum atomic E-state index is 13.1. The fraction of sp³-hybridized carbons (Fsp3) is 0.190. The fourth-order valence-electron chi connectivity index (χ4n) is 2.84. The summed E-state index contributed by atoms with van der Waals surface area (Å²) in [6.45, 7) is 1.04. The van der Waals surface area contributed by atoms with E-state index in [-0.39, 0.29) is 24.0 Å². The van der Waals surface area contributed by atoms with Crippen molar-refractivity contribution in [3.8, 4) is 5.75 Å². The highest BCUT2D eigenvalue weighted by Crippen LogP contribution is 2.44. The number of fused-ring (bicyclic) bond motifs is 1. The van der Waals surface area contributed by atoms with Crippen LogP contribution in [0.3, 0.4) is 0 Å². The van der Waals surface area contributed by atoms with Gasteiger partial charge in [0.1, 0.15) is 16.4 Å². The predicted octanol–water partition coefficient (Wildman–Crippen LogP) is 4.59. The highest BCUT2D eigenvalue weighted by atomic mass is 79.9. The van der Waals surface area contributed by atoms with Gasteiger partial charge in [-0.3, -0.25) is 9.59 Å². The number of ether oxygens (including phenoxy) is 2. The third-order valence-electron chi connectivity index (χ3n) is 4.37. The molecule has 10 heteroatoms. The molecule has 0 bridgehead atoms. The molecule has 2 amide bonds. The van der Waals surface area contributed by atoms with Gasteiger partial charge in [0.15, 0.2) is 12.4 Å². The standard InChI is InChI=1S/C21H18BrFN2O5S/c1-11(26)24-20-17(21(28)29-3)14-8-9-15(22)18(19(14)31-20)30-10-16(27)25(2)13-6-4-12(23)5-7-13/h4-9H,10H2,1-3H3,(H,24,26). The van der Waals surface area contributed by atoms with E-state index in [1.54, 1.807) is 19.2 Å². The molecular weight excluding hydrogens is 491 g/mol. The number of nitrogens with zero attached hydrogens (tertiary/aromatic N) is 1. The van der Waals surface area contributed by atoms with Crippen molar-refractivity contribution in [2.75, 3.05) is 31.0 Å². The third kappa shape index (κ3) is 4.86. The molecule has 3 aromatic rings. The van der Waals surface area contributed by atoms with Crippen LogP contribution in [0.15, 0.2) is 40.9 Å². The Hall–Kier alpha value is -2.98. The van der Waals surface area contributed by atoms with E-state index in [9.17, 15) is 18.8 Å². The van der Waals surface area contributed by atoms with Crippen LogP contribution in [0, 0.1) is 5.82 Å². The van der Waals surface area contributed by atoms with Crippen molar-refractivity contribution in [1.82, 2.24) is 0 Å². The van der Waals surface area contributed by atoms with Gasteiger partial charge in [-0.25, -0.2) is 9.18 Å². The molecule has 0 saturated carbocycles. The quantitative estimate of drug-likeness (QED) is 0.492. The topological polar surface area (TPSA) is 84.9 Å². The molecule has 1 N–H and O–H groups in total. The number of hydrogen-bond donors (Lipinski definition) is 1. The Labute approximate surface area is 189 Å². The molecule has 31 heavy (non-hydrogen) atoms. The molecular formula is C21H18BrFN2O5S. The van der Waals surface area contributed by atoms with Gasteiger partial charge in [-0.2, -0.15) is 0 Å². The minimum absolute atomic E-state index is 0.213. The molecule has 162 valence electrons. The second-order valence-electron chi connectivity index (χ2n) is 6.45. The van der Waals surface area contributed by atoms with Gasteiger partial charge in [-0.1, -0.05) is 6.07 Å². The van der Waals surface area contributed by atoms with Crippen LogP contribution in [0.25, 0.3) is 10.1 Å². The first-order valence-corrected chi connectivity index (χ1v) is 10.6. The van der Waals surface area contributed by atoms with Crippen LogP contribution in [-0.4, -0.2) is 38.5 Å². The third-order valence-corrected chi connectivity index (χ3v) is 6.12. The minimum atomic E-state index is -0.601. The molecule has 1 heterocycles. The summed E-state index contributed by atoms with van der Waals surface area (Å²) in [4.78, 5) is 37.8. The maximum absolute atomic E-state index is 13.1. The lowest BCUT2D eigenvalue weighted by Gasteiger charge is -2.18. The van der Waals surface area contributed by atoms with Crippen LogP contribution in [-0.2, 0) is 14.3 Å². The second-order valence-corrected chi connectivity index (χ2v) is 8.32. The van der Waals surface area contributed by atoms with E-state index < -0.39 is 11.8 Å². The van der Waals surface area contributed by atoms with Crippen LogP contribution in [0.5, 0.6) is 5.75 Å². The monoisotopic (exact) mass is 508 g/mol. The number of carbonyl (C=O) groups is 3. The van der Waals surface area contributed by atoms with Crippen molar-refractivity contribution in [3.05, 3.63) is 52.3 Å². The van der Waals surface area contributed by atoms with Gasteiger partial charge in [0, 0.05) is 25.0 Å². The zero-order chi connectivity index (χ0) is 22.7. The number of nitrogens with one attached hydrogen (secondary N) is 1. The Morgan fingerprint density at radius 3 is 2.45 bits per heavy atom. The number of carbonyl (C=O) groups excluding carboxylic acids is 3. The predicted molar refractivity (Wildman–Crippen MR) is 120 cm³/mol. The summed E-state index contributed by atoms with van der Waals surface area (Å²) in [5.41, 5.74) is 0.731. The first-order chi connectivity index (χ1) is 14.7. The molecule has 7 nitrogen and oxygen atoms in total. The van der Waals surface area contributed by atoms with Crippen LogP contribution in [0.2, 0.25) is 0 Å². The van der Waals surface area contributed by atoms with Gasteiger partial charge < -0.3 is 19.7 Å². The molecule has 1 aromatic heterocycles. The van der Waals surface area contributed by atoms with Crippen molar-refractivity contribution < 1.29 is 28.2 Å². The highest BCUT2D eigenvalue weighted by Gasteiger charge is 2.24. The van der Waals surface area contributed by atoms with Crippen molar-refractivity contribution >= 4 is 65.8 Å². The number of likely N-dealkylation sites (N-methyl/N-ethyl adjacent to an activating group) is 1. The SMILES string of the molecule is COC(=O)c1c(NC(C)=O)sc2c(OCC(=O)N(C)c3ccc(F)cc3)c(Br)ccc12. The number of rotatable bonds is 6. The number of benzene rings is 2. The Kier molecular flexibility index (Phi) is 6.91. The zero-order valence-corrected chi connectivity index (χ0v) is 19.2. The summed E-state index contributed by atoms with van der Waals surface area (Å²) in [6, 6.07) is 8.90. The molecule has 0 atom stereocenters. The lowest BCUT2D eigenvalue weighted by molar-refractivity contribution is -0.120. The summed E-state index contributed by atoms with van der Waals surface area (Å²) in [5.74, 6) is -1.34. The molecule has 0 aliphatic carbocycles. The van der Waals surface area contributed by atoms with E-state index in [0.29, 0.717) is 31.0 Å². The average molecular weight is 509 g/mol. The Morgan fingerprint density at radius 1 is 1.16 bits per heavy atom. The van der Waals surface area contributed by atoms with E-state index >= 15 is 0 Å². The van der Waals surface area contributed by atoms with E-state index in [2.05, 4.69) is 21.2 Å². The second kappa shape index (κ2) is 9.44. The van der Waals surface area contributed by atoms with Gasteiger partial charge in [0.25, 0.3) is 5.91 Å². The molecule has 0 fully saturated rings. The zero-order valence-electron chi connectivity index (χ0n) is 16.8. The van der Waals surface area contributed by atoms with Gasteiger partial charge in [-0.05, 0) is 46.3 Å². The molecule has 0 spiro atoms. The Bertz CT molecular complexity index is 1160. The van der Waals surface area contributed by atoms with E-state index in [4.69, 9.17) is 9.47 Å². The summed E-state index contributed by atoms with van der Waals surface area (Å²) >= 11 is 4.55. The number of methoxy groups -OCH3 is 1. The fourth-order valence-corrected chi connectivity index (χ4v) is 4.65. The van der Waals surface area contributed by atoms with Gasteiger partial charge in [0.05, 0.1) is 16.3 Å². The van der Waals surface area contributed by atoms with E-state index in [1.165, 1.54) is 43.2 Å². The van der Waals surface area contributed by atoms with Crippen molar-refractivity contribution in [2.45, 2.75) is 6.92 Å². The molecule has 2 aromatic carbocycles. The summed E-state index contributed by atoms with van der Waals surface area (Å²) in [7, 11) is 2.81. The molecule has 0 unspecified atom stereocenters. The van der Waals surface area contributed by atoms with Crippen molar-refractivity contribution in [1.29, 1.82) is 0 Å². The number of thiophene rings is 1. The number of amides is 2. The van der Waals surface area contributed by atoms with Crippen LogP contribution in [0.1, 0.15) is 17.3 Å². The average Bonchev–Trinajstić information content (AvgIpc) is 3.09. The molecule has 3 rings (SSSR count). The maximum Gasteiger partial charge on any atom is 0.341 e. The molecule has 0 aliphatic heterocycles. The van der Waals surface area contributed by atoms with Crippen molar-refractivity contribution in [2.24, 2.45) is 0 Å². The Morgan fingerprint density at radius 2 is 1.84 bits per heavy atom. The number of esters is 1. The minimum Gasteiger partial charge on any atom is -0.481 e. The largest absolute Gasteiger partial charge is 0.481 e. The lowest BCUT2D eigenvalue weighted by atomic mass is 10.1. The van der Waals surface area contributed by atoms with Crippen LogP contribution < -0.4 is 15.0 Å². The number of anilines is 2. The van der Waals surface area contributed by atoms with Crippen molar-refractivity contribution in [3.63, 3.8) is 0 Å². The number of halogens is 2. The summed E-state index contributed by atoms with van der Waals surface area (Å²) < 4.78 is 24.9. The molecule has 0 radical (unpaired) electrons. The van der Waals surface area contributed by atoms with Gasteiger partial charge >= 0.3 is 5.97 Å². The summed E-state index contributed by atoms with van der Waals surface area (Å²) in [5, 5.41) is 3.49. The van der Waals surface area contributed by atoms with E-state index in [1.807, 2.05) is 0 Å². The molecule has 0 aliphatic rings. The Balaban J connectivity index is 1.92.